The fourth-order valence-corrected chi connectivity index (χ4v) is 7.46. The van der Waals surface area contributed by atoms with Crippen molar-refractivity contribution in [3.8, 4) is 0 Å². The van der Waals surface area contributed by atoms with E-state index in [9.17, 15) is 4.79 Å². The van der Waals surface area contributed by atoms with Gasteiger partial charge in [-0.2, -0.15) is 0 Å². The van der Waals surface area contributed by atoms with Gasteiger partial charge in [-0.15, -0.1) is 11.3 Å². The van der Waals surface area contributed by atoms with Crippen LogP contribution in [0.1, 0.15) is 22.4 Å². The van der Waals surface area contributed by atoms with Crippen LogP contribution in [0.5, 0.6) is 0 Å². The van der Waals surface area contributed by atoms with Gasteiger partial charge in [-0.1, -0.05) is 120 Å². The number of anilines is 1. The lowest BCUT2D eigenvalue weighted by atomic mass is 9.80. The molecule has 6 rings (SSSR count). The second-order valence-electron chi connectivity index (χ2n) is 9.02. The molecule has 0 amide bonds. The Balaban J connectivity index is 1.48. The van der Waals surface area contributed by atoms with Gasteiger partial charge in [-0.05, 0) is 12.1 Å². The average Bonchev–Trinajstić information content (AvgIpc) is 3.59. The molecule has 1 aliphatic rings. The van der Waals surface area contributed by atoms with Gasteiger partial charge in [-0.25, -0.2) is 14.8 Å². The van der Waals surface area contributed by atoms with Gasteiger partial charge < -0.3 is 14.8 Å². The number of fused-ring (bicyclic) bond motifs is 1. The predicted molar refractivity (Wildman–Crippen MR) is 169 cm³/mol. The molecule has 0 radical (unpaired) electrons. The largest absolute Gasteiger partial charge is 0.391 e. The number of hydrogen-bond donors (Lipinski definition) is 2. The Morgan fingerprint density at radius 1 is 0.829 bits per heavy atom. The summed E-state index contributed by atoms with van der Waals surface area (Å²) in [4.78, 5) is 29.9. The lowest BCUT2D eigenvalue weighted by molar-refractivity contribution is -0.126. The first-order chi connectivity index (χ1) is 20.0. The van der Waals surface area contributed by atoms with Crippen LogP contribution in [0.25, 0.3) is 0 Å². The summed E-state index contributed by atoms with van der Waals surface area (Å²) in [5.41, 5.74) is 9.57. The molecule has 0 saturated heterocycles. The third kappa shape index (κ3) is 5.13. The van der Waals surface area contributed by atoms with Crippen LogP contribution < -0.4 is 5.73 Å². The third-order valence-corrected chi connectivity index (χ3v) is 10.0. The van der Waals surface area contributed by atoms with E-state index >= 15 is 0 Å². The molecular formula is C31H24N4O3S3. The van der Waals surface area contributed by atoms with Gasteiger partial charge in [-0.3, -0.25) is 0 Å². The SMILES string of the molecule is Nc1nc(C(=NOC(c2ccccc2)(c2ccccc2)c2ccccc2)C(=O)OS2(S)C=Nc3ccccc32)cs1. The molecule has 2 N–H and O–H groups in total. The highest BCUT2D eigenvalue weighted by atomic mass is 33.1. The van der Waals surface area contributed by atoms with E-state index in [1.807, 2.05) is 115 Å². The minimum atomic E-state index is -2.46. The summed E-state index contributed by atoms with van der Waals surface area (Å²) < 4.78 is 6.01. The van der Waals surface area contributed by atoms with Crippen molar-refractivity contribution in [2.75, 3.05) is 5.73 Å². The molecule has 4 aromatic carbocycles. The Hall–Kier alpha value is -4.38. The highest BCUT2D eigenvalue weighted by Crippen LogP contribution is 2.65. The van der Waals surface area contributed by atoms with E-state index in [1.165, 1.54) is 11.3 Å². The Morgan fingerprint density at radius 2 is 1.37 bits per heavy atom. The van der Waals surface area contributed by atoms with Gasteiger partial charge in [0.1, 0.15) is 5.69 Å². The quantitative estimate of drug-likeness (QED) is 0.0645. The van der Waals surface area contributed by atoms with Crippen molar-refractivity contribution in [3.05, 3.63) is 143 Å². The number of benzene rings is 4. The molecule has 1 aliphatic heterocycles. The highest BCUT2D eigenvalue weighted by Gasteiger charge is 2.41. The number of nitrogens with two attached hydrogens (primary N) is 1. The van der Waals surface area contributed by atoms with Crippen LogP contribution in [0.3, 0.4) is 0 Å². The number of carbonyl (C=O) groups is 1. The van der Waals surface area contributed by atoms with Crippen LogP contribution >= 0.6 is 32.3 Å². The standard InChI is InChI=1S/C31H24N4O3S3/c32-30-34-26(20-40-30)28(29(36)37-41(39)21-33-25-18-10-11-19-27(25)41)35-38-31(22-12-4-1-5-13-22,23-14-6-2-7-15-23)24-16-8-3-9-17-24/h1-21,39H,(H2,32,34). The zero-order valence-corrected chi connectivity index (χ0v) is 24.1. The van der Waals surface area contributed by atoms with Crippen molar-refractivity contribution in [3.63, 3.8) is 0 Å². The minimum Gasteiger partial charge on any atom is -0.391 e. The highest BCUT2D eigenvalue weighted by molar-refractivity contribution is 8.91. The Bertz CT molecular complexity index is 1650. The topological polar surface area (TPSA) is 99.2 Å². The molecule has 2 heterocycles. The van der Waals surface area contributed by atoms with Crippen molar-refractivity contribution in [2.45, 2.75) is 10.5 Å². The summed E-state index contributed by atoms with van der Waals surface area (Å²) in [6, 6.07) is 36.6. The van der Waals surface area contributed by atoms with E-state index in [1.54, 1.807) is 10.9 Å². The molecule has 1 atom stereocenters. The molecule has 0 aliphatic carbocycles. The summed E-state index contributed by atoms with van der Waals surface area (Å²) in [7, 11) is -2.46. The van der Waals surface area contributed by atoms with Gasteiger partial charge >= 0.3 is 5.97 Å². The number of thiazole rings is 1. The van der Waals surface area contributed by atoms with E-state index in [2.05, 4.69) is 15.1 Å². The van der Waals surface area contributed by atoms with E-state index in [0.29, 0.717) is 5.69 Å². The summed E-state index contributed by atoms with van der Waals surface area (Å²) in [6.45, 7) is 0. The van der Waals surface area contributed by atoms with Crippen LogP contribution in [0.2, 0.25) is 0 Å². The van der Waals surface area contributed by atoms with Gasteiger partial charge in [0.25, 0.3) is 0 Å². The molecule has 0 saturated carbocycles. The normalized spacial score (nSPS) is 17.8. The zero-order valence-electron chi connectivity index (χ0n) is 21.5. The maximum Gasteiger partial charge on any atom is 0.374 e. The molecule has 1 aromatic heterocycles. The van der Waals surface area contributed by atoms with Crippen LogP contribution in [0.15, 0.2) is 136 Å². The summed E-state index contributed by atoms with van der Waals surface area (Å²) >= 11 is 5.95. The van der Waals surface area contributed by atoms with Crippen LogP contribution in [0.4, 0.5) is 10.8 Å². The molecule has 41 heavy (non-hydrogen) atoms. The molecule has 10 heteroatoms. The van der Waals surface area contributed by atoms with Crippen LogP contribution in [0, 0.1) is 0 Å². The number of rotatable bonds is 8. The first kappa shape index (κ1) is 26.8. The number of aromatic nitrogens is 1. The number of nitrogens with zero attached hydrogens (tertiary/aromatic N) is 3. The number of oxime groups is 1. The van der Waals surface area contributed by atoms with Crippen LogP contribution in [-0.4, -0.2) is 22.2 Å². The summed E-state index contributed by atoms with van der Waals surface area (Å²) in [6.07, 6.45) is 0. The zero-order chi connectivity index (χ0) is 28.3. The molecule has 7 nitrogen and oxygen atoms in total. The summed E-state index contributed by atoms with van der Waals surface area (Å²) in [5, 5.41) is 6.43. The number of carbonyl (C=O) groups excluding carboxylic acids is 1. The molecule has 0 spiro atoms. The van der Waals surface area contributed by atoms with Gasteiger partial charge in [0, 0.05) is 31.4 Å². The van der Waals surface area contributed by atoms with Gasteiger partial charge in [0.15, 0.2) is 5.13 Å². The lowest BCUT2D eigenvalue weighted by Crippen LogP contribution is -2.32. The maximum absolute atomic E-state index is 13.9. The minimum absolute atomic E-state index is 0.135. The number of hydrogen-bond acceptors (Lipinski definition) is 9. The van der Waals surface area contributed by atoms with Crippen LogP contribution in [-0.2, 0) is 19.4 Å². The summed E-state index contributed by atoms with van der Waals surface area (Å²) in [5.74, 6) is -0.758. The molecule has 204 valence electrons. The average molecular weight is 597 g/mol. The number of para-hydroxylation sites is 1. The third-order valence-electron chi connectivity index (χ3n) is 6.49. The smallest absolute Gasteiger partial charge is 0.374 e. The van der Waals surface area contributed by atoms with Crippen molar-refractivity contribution >= 4 is 60.4 Å². The Labute approximate surface area is 247 Å². The first-order valence-corrected chi connectivity index (χ1v) is 16.1. The molecular weight excluding hydrogens is 573 g/mol. The second kappa shape index (κ2) is 11.2. The van der Waals surface area contributed by atoms with Crippen molar-refractivity contribution in [2.24, 2.45) is 10.1 Å². The molecule has 5 aromatic rings. The van der Waals surface area contributed by atoms with Crippen molar-refractivity contribution in [1.82, 2.24) is 4.98 Å². The number of aliphatic imine (C=N–C) groups is 1. The lowest BCUT2D eigenvalue weighted by Gasteiger charge is -2.33. The predicted octanol–water partition coefficient (Wildman–Crippen LogP) is 7.28. The fraction of sp³-hybridized carbons (Fsp3) is 0.0323. The van der Waals surface area contributed by atoms with Crippen molar-refractivity contribution in [1.29, 1.82) is 0 Å². The molecule has 1 unspecified atom stereocenters. The van der Waals surface area contributed by atoms with Crippen molar-refractivity contribution < 1.29 is 13.8 Å². The monoisotopic (exact) mass is 596 g/mol. The number of nitrogen functional groups attached to an aromatic ring is 1. The number of thiol groups is 1. The van der Waals surface area contributed by atoms with E-state index < -0.39 is 20.9 Å². The Kier molecular flexibility index (Phi) is 7.36. The Morgan fingerprint density at radius 3 is 1.90 bits per heavy atom. The fourth-order valence-electron chi connectivity index (χ4n) is 4.59. The molecule has 0 bridgehead atoms. The van der Waals surface area contributed by atoms with E-state index in [4.69, 9.17) is 26.4 Å². The second-order valence-corrected chi connectivity index (χ2v) is 13.5. The maximum atomic E-state index is 13.9. The first-order valence-electron chi connectivity index (χ1n) is 12.6. The molecule has 0 fully saturated rings. The van der Waals surface area contributed by atoms with Gasteiger partial charge in [0.05, 0.1) is 16.1 Å². The van der Waals surface area contributed by atoms with Gasteiger partial charge in [0.2, 0.25) is 11.3 Å². The van der Waals surface area contributed by atoms with E-state index in [-0.39, 0.29) is 16.5 Å². The van der Waals surface area contributed by atoms with E-state index in [0.717, 1.165) is 21.6 Å².